The maximum Gasteiger partial charge on any atom is 0.240 e. The molecule has 0 amide bonds. The average Bonchev–Trinajstić information content (AvgIpc) is 3.52. The van der Waals surface area contributed by atoms with Crippen molar-refractivity contribution in [2.75, 3.05) is 5.73 Å². The Morgan fingerprint density at radius 1 is 1.14 bits per heavy atom. The Balaban J connectivity index is 1.70. The van der Waals surface area contributed by atoms with E-state index in [1.54, 1.807) is 30.5 Å². The van der Waals surface area contributed by atoms with Crippen molar-refractivity contribution < 1.29 is 13.2 Å². The van der Waals surface area contributed by atoms with E-state index in [1.165, 1.54) is 24.5 Å². The molecule has 0 saturated heterocycles. The van der Waals surface area contributed by atoms with Crippen LogP contribution in [0.4, 0.5) is 5.82 Å². The number of ketones is 1. The van der Waals surface area contributed by atoms with Crippen LogP contribution in [-0.4, -0.2) is 35.2 Å². The third-order valence-electron chi connectivity index (χ3n) is 4.28. The number of hydrogen-bond donors (Lipinski definition) is 2. The Labute approximate surface area is 161 Å². The molecule has 0 spiro atoms. The third kappa shape index (κ3) is 3.75. The van der Waals surface area contributed by atoms with Crippen LogP contribution >= 0.6 is 0 Å². The number of anilines is 1. The van der Waals surface area contributed by atoms with Gasteiger partial charge >= 0.3 is 0 Å². The summed E-state index contributed by atoms with van der Waals surface area (Å²) in [6.45, 7) is 0. The largest absolute Gasteiger partial charge is 0.382 e. The van der Waals surface area contributed by atoms with Gasteiger partial charge in [0.05, 0.1) is 16.8 Å². The minimum atomic E-state index is -3.60. The van der Waals surface area contributed by atoms with Crippen LogP contribution in [0.25, 0.3) is 11.3 Å². The molecule has 1 fully saturated rings. The first kappa shape index (κ1) is 18.2. The van der Waals surface area contributed by atoms with Gasteiger partial charge in [-0.05, 0) is 37.1 Å². The fraction of sp³-hybridized carbons (Fsp3) is 0.158. The van der Waals surface area contributed by atoms with Crippen molar-refractivity contribution in [3.63, 3.8) is 0 Å². The molecule has 2 heterocycles. The molecular formula is C19H17N5O3S. The minimum absolute atomic E-state index is 0.00298. The molecule has 1 aliphatic rings. The molecule has 4 rings (SSSR count). The monoisotopic (exact) mass is 395 g/mol. The quantitative estimate of drug-likeness (QED) is 0.609. The second kappa shape index (κ2) is 7.10. The molecule has 2 aromatic heterocycles. The molecule has 0 unspecified atom stereocenters. The van der Waals surface area contributed by atoms with E-state index in [9.17, 15) is 13.2 Å². The van der Waals surface area contributed by atoms with Gasteiger partial charge in [-0.25, -0.2) is 23.1 Å². The number of carbonyl (C=O) groups is 1. The third-order valence-corrected chi connectivity index (χ3v) is 5.80. The highest BCUT2D eigenvalue weighted by atomic mass is 32.2. The number of aromatic nitrogens is 3. The molecule has 0 aliphatic heterocycles. The SMILES string of the molecule is Nc1ncc(-c2cccc(S(=O)(=O)NC3CC3)c2)nc1C(=O)c1cccnc1. The molecule has 142 valence electrons. The van der Waals surface area contributed by atoms with Crippen molar-refractivity contribution in [3.05, 3.63) is 66.2 Å². The van der Waals surface area contributed by atoms with Gasteiger partial charge in [0.15, 0.2) is 11.5 Å². The van der Waals surface area contributed by atoms with E-state index in [0.717, 1.165) is 12.8 Å². The van der Waals surface area contributed by atoms with E-state index >= 15 is 0 Å². The van der Waals surface area contributed by atoms with Crippen LogP contribution in [0.3, 0.4) is 0 Å². The Hall–Kier alpha value is -3.17. The predicted octanol–water partition coefficient (Wildman–Crippen LogP) is 1.79. The lowest BCUT2D eigenvalue weighted by atomic mass is 10.1. The fourth-order valence-corrected chi connectivity index (χ4v) is 4.00. The smallest absolute Gasteiger partial charge is 0.240 e. The number of nitrogens with one attached hydrogen (secondary N) is 1. The Kier molecular flexibility index (Phi) is 4.62. The van der Waals surface area contributed by atoms with Crippen molar-refractivity contribution in [1.82, 2.24) is 19.7 Å². The first-order valence-corrected chi connectivity index (χ1v) is 10.1. The summed E-state index contributed by atoms with van der Waals surface area (Å²) in [4.78, 5) is 25.1. The maximum absolute atomic E-state index is 12.7. The van der Waals surface area contributed by atoms with Gasteiger partial charge in [0, 0.05) is 29.6 Å². The van der Waals surface area contributed by atoms with Gasteiger partial charge in [-0.2, -0.15) is 0 Å². The van der Waals surface area contributed by atoms with Gasteiger partial charge in [-0.1, -0.05) is 12.1 Å². The molecule has 0 atom stereocenters. The van der Waals surface area contributed by atoms with E-state index in [2.05, 4.69) is 19.7 Å². The van der Waals surface area contributed by atoms with Crippen LogP contribution in [0.1, 0.15) is 28.9 Å². The Morgan fingerprint density at radius 3 is 2.68 bits per heavy atom. The lowest BCUT2D eigenvalue weighted by Gasteiger charge is -2.09. The van der Waals surface area contributed by atoms with Crippen molar-refractivity contribution in [2.45, 2.75) is 23.8 Å². The Bertz CT molecular complexity index is 1150. The topological polar surface area (TPSA) is 128 Å². The maximum atomic E-state index is 12.7. The van der Waals surface area contributed by atoms with E-state index in [-0.39, 0.29) is 22.4 Å². The highest BCUT2D eigenvalue weighted by Crippen LogP contribution is 2.25. The molecule has 1 aromatic carbocycles. The van der Waals surface area contributed by atoms with Crippen LogP contribution in [-0.2, 0) is 10.0 Å². The number of pyridine rings is 1. The predicted molar refractivity (Wildman–Crippen MR) is 103 cm³/mol. The van der Waals surface area contributed by atoms with Crippen molar-refractivity contribution in [1.29, 1.82) is 0 Å². The van der Waals surface area contributed by atoms with Gasteiger partial charge in [-0.15, -0.1) is 0 Å². The zero-order valence-electron chi connectivity index (χ0n) is 14.7. The summed E-state index contributed by atoms with van der Waals surface area (Å²) in [5.74, 6) is -0.407. The van der Waals surface area contributed by atoms with Crippen molar-refractivity contribution >= 4 is 21.6 Å². The number of nitrogens with zero attached hydrogens (tertiary/aromatic N) is 3. The molecule has 0 radical (unpaired) electrons. The molecule has 9 heteroatoms. The van der Waals surface area contributed by atoms with Crippen LogP contribution in [0.5, 0.6) is 0 Å². The number of nitrogens with two attached hydrogens (primary N) is 1. The zero-order valence-corrected chi connectivity index (χ0v) is 15.6. The molecule has 3 aromatic rings. The molecule has 1 aliphatic carbocycles. The standard InChI is InChI=1S/C19H17N5O3S/c20-19-17(18(25)13-4-2-8-21-10-13)23-16(11-22-19)12-3-1-5-15(9-12)28(26,27)24-14-6-7-14/h1-5,8-11,14,24H,6-7H2,(H2,20,22). The van der Waals surface area contributed by atoms with Crippen LogP contribution < -0.4 is 10.5 Å². The van der Waals surface area contributed by atoms with E-state index in [0.29, 0.717) is 16.8 Å². The number of carbonyl (C=O) groups excluding carboxylic acids is 1. The summed E-state index contributed by atoms with van der Waals surface area (Å²) >= 11 is 0. The molecule has 8 nitrogen and oxygen atoms in total. The van der Waals surface area contributed by atoms with Crippen LogP contribution in [0.2, 0.25) is 0 Å². The summed E-state index contributed by atoms with van der Waals surface area (Å²) < 4.78 is 27.5. The summed E-state index contributed by atoms with van der Waals surface area (Å²) in [6, 6.07) is 9.60. The molecule has 1 saturated carbocycles. The van der Waals surface area contributed by atoms with E-state index in [4.69, 9.17) is 5.73 Å². The summed E-state index contributed by atoms with van der Waals surface area (Å²) in [5, 5.41) is 0. The minimum Gasteiger partial charge on any atom is -0.382 e. The van der Waals surface area contributed by atoms with Crippen LogP contribution in [0.15, 0.2) is 59.9 Å². The molecule has 3 N–H and O–H groups in total. The van der Waals surface area contributed by atoms with Gasteiger partial charge in [0.2, 0.25) is 15.8 Å². The van der Waals surface area contributed by atoms with Crippen molar-refractivity contribution in [3.8, 4) is 11.3 Å². The van der Waals surface area contributed by atoms with Gasteiger partial charge < -0.3 is 5.73 Å². The number of rotatable bonds is 6. The molecular weight excluding hydrogens is 378 g/mol. The van der Waals surface area contributed by atoms with E-state index < -0.39 is 15.8 Å². The summed E-state index contributed by atoms with van der Waals surface area (Å²) in [6.07, 6.45) is 6.09. The summed E-state index contributed by atoms with van der Waals surface area (Å²) in [7, 11) is -3.60. The normalized spacial score (nSPS) is 14.0. The van der Waals surface area contributed by atoms with Gasteiger partial charge in [0.25, 0.3) is 0 Å². The zero-order chi connectivity index (χ0) is 19.7. The van der Waals surface area contributed by atoms with E-state index in [1.807, 2.05) is 0 Å². The lowest BCUT2D eigenvalue weighted by molar-refractivity contribution is 0.103. The van der Waals surface area contributed by atoms with Crippen molar-refractivity contribution in [2.24, 2.45) is 0 Å². The first-order valence-electron chi connectivity index (χ1n) is 8.64. The highest BCUT2D eigenvalue weighted by Gasteiger charge is 2.28. The fourth-order valence-electron chi connectivity index (χ4n) is 2.65. The second-order valence-corrected chi connectivity index (χ2v) is 8.20. The number of hydrogen-bond acceptors (Lipinski definition) is 7. The van der Waals surface area contributed by atoms with Crippen LogP contribution in [0, 0.1) is 0 Å². The van der Waals surface area contributed by atoms with Gasteiger partial charge in [0.1, 0.15) is 0 Å². The number of sulfonamides is 1. The molecule has 0 bridgehead atoms. The average molecular weight is 395 g/mol. The van der Waals surface area contributed by atoms with Gasteiger partial charge in [-0.3, -0.25) is 9.78 Å². The summed E-state index contributed by atoms with van der Waals surface area (Å²) in [5.41, 5.74) is 7.05. The first-order chi connectivity index (χ1) is 13.4. The second-order valence-electron chi connectivity index (χ2n) is 6.48. The Morgan fingerprint density at radius 2 is 1.96 bits per heavy atom. The number of nitrogen functional groups attached to an aromatic ring is 1. The number of benzene rings is 1. The molecule has 28 heavy (non-hydrogen) atoms. The highest BCUT2D eigenvalue weighted by molar-refractivity contribution is 7.89. The lowest BCUT2D eigenvalue weighted by Crippen LogP contribution is -2.25.